The smallest absolute Gasteiger partial charge is 0.737 e. The molecule has 0 aromatic rings. The van der Waals surface area contributed by atoms with E-state index in [1.54, 1.807) is 6.92 Å². The summed E-state index contributed by atoms with van der Waals surface area (Å²) in [5.74, 6) is 0. The van der Waals surface area contributed by atoms with Crippen LogP contribution in [0.25, 0.3) is 0 Å². The van der Waals surface area contributed by atoms with E-state index in [0.29, 0.717) is 6.54 Å². The van der Waals surface area contributed by atoms with E-state index < -0.39 is 0 Å². The second-order valence-corrected chi connectivity index (χ2v) is 3.22. The van der Waals surface area contributed by atoms with Crippen LogP contribution in [0.15, 0.2) is 5.28 Å². The molecule has 0 N–H and O–H groups in total. The van der Waals surface area contributed by atoms with Crippen LogP contribution in [0.5, 0.6) is 0 Å². The molecule has 0 aliphatic carbocycles. The molecule has 0 saturated carbocycles. The Hall–Kier alpha value is 0. The van der Waals surface area contributed by atoms with Gasteiger partial charge in [-0.3, -0.25) is 0 Å². The molecule has 0 spiro atoms. The average molecular weight is 183 g/mol. The van der Waals surface area contributed by atoms with Crippen molar-refractivity contribution in [3.05, 3.63) is 10.4 Å². The van der Waals surface area contributed by atoms with E-state index >= 15 is 0 Å². The third-order valence-corrected chi connectivity index (χ3v) is 1.35. The monoisotopic (exact) mass is 183 g/mol. The Morgan fingerprint density at radius 1 is 1.42 bits per heavy atom. The maximum atomic E-state index is 10.8. The summed E-state index contributed by atoms with van der Waals surface area (Å²) in [6.07, 6.45) is 0. The van der Waals surface area contributed by atoms with Crippen molar-refractivity contribution in [1.29, 1.82) is 0 Å². The molecule has 66 valence electrons. The first-order valence-corrected chi connectivity index (χ1v) is 3.51. The van der Waals surface area contributed by atoms with Crippen LogP contribution < -0.4 is 29.6 Å². The van der Waals surface area contributed by atoms with E-state index in [0.717, 1.165) is 0 Å². The van der Waals surface area contributed by atoms with Crippen LogP contribution in [-0.2, 0) is 0 Å². The van der Waals surface area contributed by atoms with Crippen LogP contribution in [0.2, 0.25) is 0 Å². The van der Waals surface area contributed by atoms with Crippen molar-refractivity contribution >= 4 is 0 Å². The van der Waals surface area contributed by atoms with Crippen molar-refractivity contribution in [2.45, 2.75) is 33.2 Å². The number of nitrogens with zero attached hydrogens (tertiary/aromatic N) is 3. The number of rotatable bonds is 2. The first-order chi connectivity index (χ1) is 4.93. The summed E-state index contributed by atoms with van der Waals surface area (Å²) in [4.78, 5) is 0.0833. The Kier molecular flexibility index (Phi) is 6.79. The first kappa shape index (κ1) is 14.5. The van der Waals surface area contributed by atoms with Crippen LogP contribution in [0, 0.1) is 10.4 Å². The summed E-state index contributed by atoms with van der Waals surface area (Å²) < 4.78 is 0. The molecule has 6 heteroatoms. The average Bonchev–Trinajstić information content (AvgIpc) is 1.86. The maximum absolute atomic E-state index is 10.8. The molecule has 0 aromatic heterocycles. The van der Waals surface area contributed by atoms with Gasteiger partial charge in [-0.1, -0.05) is 0 Å². The van der Waals surface area contributed by atoms with Crippen molar-refractivity contribution in [1.82, 2.24) is 5.01 Å². The van der Waals surface area contributed by atoms with Gasteiger partial charge < -0.3 is 10.4 Å². The zero-order chi connectivity index (χ0) is 9.07. The van der Waals surface area contributed by atoms with E-state index in [2.05, 4.69) is 5.28 Å². The Bertz CT molecular complexity index is 155. The maximum Gasteiger partial charge on any atom is 1.00 e. The predicted octanol–water partition coefficient (Wildman–Crippen LogP) is -1.51. The van der Waals surface area contributed by atoms with Gasteiger partial charge in [-0.25, -0.2) is 0 Å². The first-order valence-electron chi connectivity index (χ1n) is 3.51. The largest absolute Gasteiger partial charge is 1.00 e. The van der Waals surface area contributed by atoms with Crippen molar-refractivity contribution in [2.24, 2.45) is 5.28 Å². The summed E-state index contributed by atoms with van der Waals surface area (Å²) in [5, 5.41) is 24.2. The molecule has 0 aliphatic heterocycles. The molecule has 0 atom stereocenters. The van der Waals surface area contributed by atoms with E-state index in [1.165, 1.54) is 5.01 Å². The van der Waals surface area contributed by atoms with Crippen molar-refractivity contribution in [3.63, 3.8) is 0 Å². The van der Waals surface area contributed by atoms with Gasteiger partial charge in [-0.05, 0) is 33.0 Å². The van der Waals surface area contributed by atoms with Gasteiger partial charge in [0.1, 0.15) is 0 Å². The van der Waals surface area contributed by atoms with E-state index in [-0.39, 0.29) is 40.1 Å². The minimum Gasteiger partial charge on any atom is -0.737 e. The van der Waals surface area contributed by atoms with Crippen LogP contribution in [0.3, 0.4) is 0 Å². The molecule has 0 heterocycles. The third kappa shape index (κ3) is 4.13. The summed E-state index contributed by atoms with van der Waals surface area (Å²) in [6, 6.07) is 0. The van der Waals surface area contributed by atoms with Gasteiger partial charge in [0, 0.05) is 4.97 Å². The van der Waals surface area contributed by atoms with Crippen LogP contribution in [0.1, 0.15) is 27.7 Å². The third-order valence-electron chi connectivity index (χ3n) is 1.35. The molecule has 0 aromatic carbocycles. The molecule has 0 unspecified atom stereocenters. The topological polar surface area (TPSA) is 64.7 Å². The summed E-state index contributed by atoms with van der Waals surface area (Å²) >= 11 is 0. The molecule has 0 rings (SSSR count). The molecule has 0 amide bonds. The Morgan fingerprint density at radius 3 is 1.92 bits per heavy atom. The molecule has 0 bridgehead atoms. The molecule has 0 fully saturated rings. The van der Waals surface area contributed by atoms with Gasteiger partial charge in [0.05, 0.1) is 12.1 Å². The number of hydrogen-bond acceptors (Lipinski definition) is 3. The van der Waals surface area contributed by atoms with E-state index in [1.807, 2.05) is 20.8 Å². The second-order valence-electron chi connectivity index (χ2n) is 3.22. The van der Waals surface area contributed by atoms with Gasteiger partial charge in [0.15, 0.2) is 0 Å². The molecule has 0 aliphatic rings. The molecular weight excluding hydrogens is 169 g/mol. The predicted molar refractivity (Wildman–Crippen MR) is 41.6 cm³/mol. The van der Waals surface area contributed by atoms with Crippen LogP contribution >= 0.6 is 0 Å². The van der Waals surface area contributed by atoms with Crippen molar-refractivity contribution in [3.8, 4) is 0 Å². The van der Waals surface area contributed by atoms with E-state index in [4.69, 9.17) is 0 Å². The van der Waals surface area contributed by atoms with Gasteiger partial charge in [-0.2, -0.15) is 0 Å². The normalized spacial score (nSPS) is 12.2. The minimum atomic E-state index is -0.357. The van der Waals surface area contributed by atoms with Crippen LogP contribution in [-0.4, -0.2) is 22.1 Å². The van der Waals surface area contributed by atoms with E-state index in [9.17, 15) is 10.4 Å². The minimum absolute atomic E-state index is 0. The van der Waals surface area contributed by atoms with Gasteiger partial charge in [-0.15, -0.1) is 5.01 Å². The van der Waals surface area contributed by atoms with Gasteiger partial charge in [0.2, 0.25) is 0 Å². The zero-order valence-electron chi connectivity index (χ0n) is 8.37. The quantitative estimate of drug-likeness (QED) is 0.226. The van der Waals surface area contributed by atoms with Gasteiger partial charge in [0.25, 0.3) is 0 Å². The Morgan fingerprint density at radius 2 is 1.83 bits per heavy atom. The van der Waals surface area contributed by atoms with Crippen LogP contribution in [0.4, 0.5) is 0 Å². The van der Waals surface area contributed by atoms with Gasteiger partial charge >= 0.3 is 29.6 Å². The summed E-state index contributed by atoms with van der Waals surface area (Å²) in [5.41, 5.74) is -0.357. The summed E-state index contributed by atoms with van der Waals surface area (Å²) in [7, 11) is 0. The molecule has 0 radical (unpaired) electrons. The standard InChI is InChI=1S/C6H15N3O2.Na/c1-5-8(6(2,3)4)9(11)7-10;/h10H,5H2,1-4H3;/q;+1/p-1. The molecule has 12 heavy (non-hydrogen) atoms. The Labute approximate surface area is 94.9 Å². The SMILES string of the molecule is CCN([N+]([O-])=N[O-])C(C)(C)C.[Na+]. The molecule has 0 saturated heterocycles. The fraction of sp³-hybridized carbons (Fsp3) is 1.00. The fourth-order valence-corrected chi connectivity index (χ4v) is 0.896. The molecular formula is C6H14N3NaO2. The van der Waals surface area contributed by atoms with Crippen molar-refractivity contribution in [2.75, 3.05) is 6.54 Å². The fourth-order valence-electron chi connectivity index (χ4n) is 0.896. The zero-order valence-corrected chi connectivity index (χ0v) is 10.4. The molecule has 5 nitrogen and oxygen atoms in total. The number of hydrazine groups is 1. The summed E-state index contributed by atoms with van der Waals surface area (Å²) in [6.45, 7) is 7.78. The number of hydrogen-bond donors (Lipinski definition) is 0. The van der Waals surface area contributed by atoms with Crippen molar-refractivity contribution < 1.29 is 34.5 Å². The Balaban J connectivity index is 0. The second kappa shape index (κ2) is 5.61.